The van der Waals surface area contributed by atoms with Crippen molar-refractivity contribution < 1.29 is 19.4 Å². The van der Waals surface area contributed by atoms with Crippen molar-refractivity contribution in [3.05, 3.63) is 66.0 Å². The third-order valence-corrected chi connectivity index (χ3v) is 6.46. The van der Waals surface area contributed by atoms with Crippen molar-refractivity contribution >= 4 is 28.2 Å². The van der Waals surface area contributed by atoms with Crippen LogP contribution in [0.15, 0.2) is 54.7 Å². The van der Waals surface area contributed by atoms with Crippen LogP contribution in [0, 0.1) is 17.8 Å². The molecule has 1 N–H and O–H groups in total. The average molecular weight is 431 g/mol. The van der Waals surface area contributed by atoms with E-state index in [4.69, 9.17) is 9.84 Å². The van der Waals surface area contributed by atoms with Crippen LogP contribution >= 0.6 is 0 Å². The van der Waals surface area contributed by atoms with E-state index in [1.807, 2.05) is 18.2 Å². The maximum absolute atomic E-state index is 12.8. The Morgan fingerprint density at radius 1 is 1.09 bits per heavy atom. The van der Waals surface area contributed by atoms with Crippen molar-refractivity contribution in [1.29, 1.82) is 0 Å². The van der Waals surface area contributed by atoms with Crippen LogP contribution in [-0.2, 0) is 11.3 Å². The number of nitrogens with zero attached hydrogens (tertiary/aromatic N) is 2. The average Bonchev–Trinajstić information content (AvgIpc) is 3.72. The second-order valence-electron chi connectivity index (χ2n) is 8.90. The first-order chi connectivity index (χ1) is 15.5. The van der Waals surface area contributed by atoms with Gasteiger partial charge in [0.25, 0.3) is 0 Å². The quantitative estimate of drug-likeness (QED) is 0.501. The van der Waals surface area contributed by atoms with Gasteiger partial charge in [0.2, 0.25) is 0 Å². The molecule has 2 fully saturated rings. The normalized spacial score (nSPS) is 19.5. The lowest BCUT2D eigenvalue weighted by Gasteiger charge is -2.25. The number of fused-ring (bicyclic) bond motifs is 1. The number of ketones is 1. The zero-order chi connectivity index (χ0) is 22.2. The SMILES string of the molecule is COc1cc(N(Cc2ccc3ccccc3c2)CC2CC2)cnc1C(=O)C1CC1C(=O)O. The van der Waals surface area contributed by atoms with E-state index in [9.17, 15) is 9.59 Å². The highest BCUT2D eigenvalue weighted by Gasteiger charge is 2.49. The molecule has 2 unspecified atom stereocenters. The molecule has 6 nitrogen and oxygen atoms in total. The van der Waals surface area contributed by atoms with Gasteiger partial charge in [-0.1, -0.05) is 36.4 Å². The van der Waals surface area contributed by atoms with Gasteiger partial charge in [0.15, 0.2) is 5.78 Å². The number of methoxy groups -OCH3 is 1. The largest absolute Gasteiger partial charge is 0.494 e. The summed E-state index contributed by atoms with van der Waals surface area (Å²) in [5, 5.41) is 11.6. The number of ether oxygens (including phenoxy) is 1. The van der Waals surface area contributed by atoms with E-state index in [2.05, 4.69) is 40.2 Å². The number of Topliss-reactive ketones (excluding diaryl/α,β-unsaturated/α-hetero) is 1. The number of carboxylic acid groups (broad SMARTS) is 1. The lowest BCUT2D eigenvalue weighted by Crippen LogP contribution is -2.25. The van der Waals surface area contributed by atoms with Crippen LogP contribution in [0.1, 0.15) is 35.3 Å². The van der Waals surface area contributed by atoms with E-state index in [1.165, 1.54) is 36.3 Å². The molecule has 0 radical (unpaired) electrons. The second-order valence-corrected chi connectivity index (χ2v) is 8.90. The van der Waals surface area contributed by atoms with Crippen molar-refractivity contribution in [3.63, 3.8) is 0 Å². The smallest absolute Gasteiger partial charge is 0.307 e. The number of aromatic nitrogens is 1. The number of carbonyl (C=O) groups is 2. The molecule has 6 heteroatoms. The zero-order valence-corrected chi connectivity index (χ0v) is 18.0. The fourth-order valence-electron chi connectivity index (χ4n) is 4.31. The van der Waals surface area contributed by atoms with Gasteiger partial charge in [0, 0.05) is 25.1 Å². The Kier molecular flexibility index (Phi) is 5.29. The molecule has 0 aliphatic heterocycles. The van der Waals surface area contributed by atoms with Gasteiger partial charge in [-0.25, -0.2) is 4.98 Å². The van der Waals surface area contributed by atoms with E-state index in [-0.39, 0.29) is 11.5 Å². The summed E-state index contributed by atoms with van der Waals surface area (Å²) < 4.78 is 5.50. The highest BCUT2D eigenvalue weighted by molar-refractivity contribution is 6.03. The molecule has 2 aliphatic rings. The van der Waals surface area contributed by atoms with Crippen LogP contribution in [0.4, 0.5) is 5.69 Å². The molecule has 2 atom stereocenters. The number of hydrogen-bond acceptors (Lipinski definition) is 5. The maximum Gasteiger partial charge on any atom is 0.307 e. The Balaban J connectivity index is 1.41. The van der Waals surface area contributed by atoms with Crippen molar-refractivity contribution in [2.24, 2.45) is 17.8 Å². The molecule has 2 saturated carbocycles. The first kappa shape index (κ1) is 20.5. The standard InChI is InChI=1S/C26H26N2O4/c1-32-23-11-20(13-27-24(23)25(29)21-12-22(21)26(30)31)28(14-16-6-7-16)15-17-8-9-18-4-2-3-5-19(18)10-17/h2-5,8-11,13,16,21-22H,6-7,12,14-15H2,1H3,(H,30,31). The molecule has 3 aromatic rings. The van der Waals surface area contributed by atoms with Crippen LogP contribution < -0.4 is 9.64 Å². The number of anilines is 1. The lowest BCUT2D eigenvalue weighted by atomic mass is 10.1. The molecule has 0 bridgehead atoms. The molecule has 1 aromatic heterocycles. The summed E-state index contributed by atoms with van der Waals surface area (Å²) in [5.74, 6) is -1.20. The van der Waals surface area contributed by atoms with Crippen molar-refractivity contribution in [2.45, 2.75) is 25.8 Å². The predicted molar refractivity (Wildman–Crippen MR) is 122 cm³/mol. The zero-order valence-electron chi connectivity index (χ0n) is 18.0. The van der Waals surface area contributed by atoms with Crippen LogP contribution in [0.2, 0.25) is 0 Å². The highest BCUT2D eigenvalue weighted by atomic mass is 16.5. The van der Waals surface area contributed by atoms with E-state index in [0.717, 1.165) is 18.8 Å². The Hall–Kier alpha value is -3.41. The molecule has 164 valence electrons. The Morgan fingerprint density at radius 3 is 2.56 bits per heavy atom. The second kappa shape index (κ2) is 8.26. The third-order valence-electron chi connectivity index (χ3n) is 6.46. The molecule has 2 aliphatic carbocycles. The van der Waals surface area contributed by atoms with E-state index in [1.54, 1.807) is 6.20 Å². The first-order valence-electron chi connectivity index (χ1n) is 11.1. The van der Waals surface area contributed by atoms with Gasteiger partial charge < -0.3 is 14.7 Å². The molecule has 1 heterocycles. The van der Waals surface area contributed by atoms with Crippen molar-refractivity contribution in [3.8, 4) is 5.75 Å². The molecule has 5 rings (SSSR count). The van der Waals surface area contributed by atoms with Gasteiger partial charge >= 0.3 is 5.97 Å². The van der Waals surface area contributed by atoms with E-state index < -0.39 is 17.8 Å². The number of benzene rings is 2. The highest BCUT2D eigenvalue weighted by Crippen LogP contribution is 2.42. The molecule has 32 heavy (non-hydrogen) atoms. The van der Waals surface area contributed by atoms with Crippen LogP contribution in [-0.4, -0.2) is 35.5 Å². The Bertz CT molecular complexity index is 1190. The third kappa shape index (κ3) is 4.17. The van der Waals surface area contributed by atoms with Gasteiger partial charge in [-0.05, 0) is 47.6 Å². The molecular weight excluding hydrogens is 404 g/mol. The summed E-state index contributed by atoms with van der Waals surface area (Å²) >= 11 is 0. The van der Waals surface area contributed by atoms with Gasteiger partial charge in [-0.3, -0.25) is 9.59 Å². The Morgan fingerprint density at radius 2 is 1.88 bits per heavy atom. The lowest BCUT2D eigenvalue weighted by molar-refractivity contribution is -0.138. The molecule has 0 amide bonds. The van der Waals surface area contributed by atoms with Crippen LogP contribution in [0.3, 0.4) is 0 Å². The Labute approximate surface area is 186 Å². The fourth-order valence-corrected chi connectivity index (χ4v) is 4.31. The van der Waals surface area contributed by atoms with Gasteiger partial charge in [-0.15, -0.1) is 0 Å². The summed E-state index contributed by atoms with van der Waals surface area (Å²) in [7, 11) is 1.52. The monoisotopic (exact) mass is 430 g/mol. The topological polar surface area (TPSA) is 79.7 Å². The number of carboxylic acids is 1. The van der Waals surface area contributed by atoms with Gasteiger partial charge in [-0.2, -0.15) is 0 Å². The minimum absolute atomic E-state index is 0.224. The van der Waals surface area contributed by atoms with Crippen molar-refractivity contribution in [1.82, 2.24) is 4.98 Å². The summed E-state index contributed by atoms with van der Waals surface area (Å²) in [6, 6.07) is 16.7. The molecule has 2 aromatic carbocycles. The summed E-state index contributed by atoms with van der Waals surface area (Å²) in [5.41, 5.74) is 2.34. The molecule has 0 saturated heterocycles. The molecule has 0 spiro atoms. The summed E-state index contributed by atoms with van der Waals surface area (Å²) in [6.45, 7) is 1.66. The fraction of sp³-hybridized carbons (Fsp3) is 0.346. The van der Waals surface area contributed by atoms with Gasteiger partial charge in [0.05, 0.1) is 24.9 Å². The van der Waals surface area contributed by atoms with E-state index >= 15 is 0 Å². The number of pyridine rings is 1. The number of hydrogen-bond donors (Lipinski definition) is 1. The van der Waals surface area contributed by atoms with Crippen LogP contribution in [0.25, 0.3) is 10.8 Å². The minimum atomic E-state index is -0.926. The van der Waals surface area contributed by atoms with E-state index in [0.29, 0.717) is 18.1 Å². The number of carbonyl (C=O) groups excluding carboxylic acids is 1. The van der Waals surface area contributed by atoms with Gasteiger partial charge in [0.1, 0.15) is 11.4 Å². The maximum atomic E-state index is 12.8. The van der Waals surface area contributed by atoms with Crippen molar-refractivity contribution in [2.75, 3.05) is 18.6 Å². The summed E-state index contributed by atoms with van der Waals surface area (Å²) in [6.07, 6.45) is 4.55. The minimum Gasteiger partial charge on any atom is -0.494 e. The first-order valence-corrected chi connectivity index (χ1v) is 11.1. The summed E-state index contributed by atoms with van der Waals surface area (Å²) in [4.78, 5) is 30.7. The molecular formula is C26H26N2O4. The predicted octanol–water partition coefficient (Wildman–Crippen LogP) is 4.56. The van der Waals surface area contributed by atoms with Crippen LogP contribution in [0.5, 0.6) is 5.75 Å². The number of rotatable bonds is 9. The number of aliphatic carboxylic acids is 1.